The third kappa shape index (κ3) is 6.03. The monoisotopic (exact) mass is 316 g/mol. The zero-order chi connectivity index (χ0) is 15.8. The highest BCUT2D eigenvalue weighted by molar-refractivity contribution is 7.80. The minimum Gasteiger partial charge on any atom is -0.469 e. The van der Waals surface area contributed by atoms with E-state index in [0.29, 0.717) is 30.1 Å². The van der Waals surface area contributed by atoms with E-state index in [-0.39, 0.29) is 12.0 Å². The summed E-state index contributed by atoms with van der Waals surface area (Å²) >= 11 is 5.09. The Morgan fingerprint density at radius 2 is 2.10 bits per heavy atom. The summed E-state index contributed by atoms with van der Waals surface area (Å²) in [6, 6.07) is 3.44. The molecule has 0 aliphatic rings. The maximum Gasteiger partial charge on any atom is 0.305 e. The molecular formula is C14H18F2N2O2S. The van der Waals surface area contributed by atoms with Crippen molar-refractivity contribution < 1.29 is 18.3 Å². The lowest BCUT2D eigenvalue weighted by atomic mass is 10.1. The van der Waals surface area contributed by atoms with Crippen LogP contribution in [0.1, 0.15) is 31.4 Å². The van der Waals surface area contributed by atoms with E-state index in [2.05, 4.69) is 15.4 Å². The summed E-state index contributed by atoms with van der Waals surface area (Å²) in [6.07, 6.45) is 0.902. The molecule has 0 radical (unpaired) electrons. The molecule has 116 valence electrons. The number of carbonyl (C=O) groups excluding carboxylic acids is 1. The molecule has 0 saturated carbocycles. The Labute approximate surface area is 127 Å². The number of methoxy groups -OCH3 is 1. The molecule has 0 unspecified atom stereocenters. The lowest BCUT2D eigenvalue weighted by molar-refractivity contribution is -0.140. The SMILES string of the molecule is COC(=O)CCCNC(=S)N[C@@H](C)c1ccc(F)c(F)c1. The highest BCUT2D eigenvalue weighted by Crippen LogP contribution is 2.15. The van der Waals surface area contributed by atoms with Crippen molar-refractivity contribution >= 4 is 23.3 Å². The highest BCUT2D eigenvalue weighted by atomic mass is 32.1. The second-order valence-corrected chi connectivity index (χ2v) is 4.88. The standard InChI is InChI=1S/C14H18F2N2O2S/c1-9(10-5-6-11(15)12(16)8-10)18-14(21)17-7-3-4-13(19)20-2/h5-6,8-9H,3-4,7H2,1-2H3,(H2,17,18,21)/t9-/m0/s1. The van der Waals surface area contributed by atoms with E-state index in [1.54, 1.807) is 6.92 Å². The van der Waals surface area contributed by atoms with Crippen LogP contribution in [0, 0.1) is 11.6 Å². The van der Waals surface area contributed by atoms with Gasteiger partial charge in [0.2, 0.25) is 0 Å². The lowest BCUT2D eigenvalue weighted by Gasteiger charge is -2.17. The molecule has 0 spiro atoms. The number of nitrogens with one attached hydrogen (secondary N) is 2. The van der Waals surface area contributed by atoms with E-state index in [1.807, 2.05) is 0 Å². The summed E-state index contributed by atoms with van der Waals surface area (Å²) in [5, 5.41) is 6.28. The molecule has 0 saturated heterocycles. The molecule has 0 fully saturated rings. The van der Waals surface area contributed by atoms with Gasteiger partial charge in [0, 0.05) is 13.0 Å². The number of esters is 1. The third-order valence-electron chi connectivity index (χ3n) is 2.86. The van der Waals surface area contributed by atoms with Crippen LogP contribution >= 0.6 is 12.2 Å². The van der Waals surface area contributed by atoms with E-state index in [1.165, 1.54) is 13.2 Å². The predicted octanol–water partition coefficient (Wildman–Crippen LogP) is 2.44. The van der Waals surface area contributed by atoms with Crippen LogP contribution in [0.4, 0.5) is 8.78 Å². The first-order chi connectivity index (χ1) is 9.93. The summed E-state index contributed by atoms with van der Waals surface area (Å²) < 4.78 is 30.5. The Balaban J connectivity index is 2.36. The minimum atomic E-state index is -0.891. The maximum atomic E-state index is 13.1. The number of ether oxygens (including phenoxy) is 1. The molecule has 1 aromatic rings. The van der Waals surface area contributed by atoms with Crippen LogP contribution in [0.25, 0.3) is 0 Å². The molecule has 0 amide bonds. The fourth-order valence-corrected chi connectivity index (χ4v) is 1.93. The first-order valence-corrected chi connectivity index (χ1v) is 6.91. The summed E-state index contributed by atoms with van der Waals surface area (Å²) in [7, 11) is 1.34. The molecule has 0 aromatic heterocycles. The Hall–Kier alpha value is -1.76. The molecule has 0 aliphatic carbocycles. The van der Waals surface area contributed by atoms with Crippen LogP contribution in [0.2, 0.25) is 0 Å². The topological polar surface area (TPSA) is 50.4 Å². The van der Waals surface area contributed by atoms with Crippen molar-refractivity contribution in [1.82, 2.24) is 10.6 Å². The minimum absolute atomic E-state index is 0.263. The smallest absolute Gasteiger partial charge is 0.305 e. The molecule has 2 N–H and O–H groups in total. The second kappa shape index (κ2) is 8.51. The summed E-state index contributed by atoms with van der Waals surface area (Å²) in [5.74, 6) is -2.04. The molecule has 0 bridgehead atoms. The van der Waals surface area contributed by atoms with E-state index in [9.17, 15) is 13.6 Å². The van der Waals surface area contributed by atoms with Crippen molar-refractivity contribution in [2.75, 3.05) is 13.7 Å². The van der Waals surface area contributed by atoms with Crippen molar-refractivity contribution in [3.8, 4) is 0 Å². The average Bonchev–Trinajstić information content (AvgIpc) is 2.46. The number of halogens is 2. The molecule has 21 heavy (non-hydrogen) atoms. The van der Waals surface area contributed by atoms with E-state index < -0.39 is 11.6 Å². The zero-order valence-corrected chi connectivity index (χ0v) is 12.7. The van der Waals surface area contributed by atoms with Gasteiger partial charge in [-0.05, 0) is 43.3 Å². The quantitative estimate of drug-likeness (QED) is 0.480. The van der Waals surface area contributed by atoms with Gasteiger partial charge in [-0.15, -0.1) is 0 Å². The van der Waals surface area contributed by atoms with Crippen molar-refractivity contribution in [2.45, 2.75) is 25.8 Å². The van der Waals surface area contributed by atoms with Crippen LogP contribution < -0.4 is 10.6 Å². The predicted molar refractivity (Wildman–Crippen MR) is 79.8 cm³/mol. The van der Waals surface area contributed by atoms with Gasteiger partial charge in [0.15, 0.2) is 16.7 Å². The van der Waals surface area contributed by atoms with E-state index >= 15 is 0 Å². The maximum absolute atomic E-state index is 13.1. The van der Waals surface area contributed by atoms with Crippen molar-refractivity contribution in [2.24, 2.45) is 0 Å². The third-order valence-corrected chi connectivity index (χ3v) is 3.12. The molecule has 1 aromatic carbocycles. The summed E-state index contributed by atoms with van der Waals surface area (Å²) in [6.45, 7) is 2.31. The number of carbonyl (C=O) groups is 1. The number of benzene rings is 1. The van der Waals surface area contributed by atoms with Gasteiger partial charge in [-0.2, -0.15) is 0 Å². The molecule has 1 atom stereocenters. The fourth-order valence-electron chi connectivity index (χ4n) is 1.65. The molecule has 7 heteroatoms. The Morgan fingerprint density at radius 1 is 1.38 bits per heavy atom. The Morgan fingerprint density at radius 3 is 2.71 bits per heavy atom. The Kier molecular flexibility index (Phi) is 7.01. The van der Waals surface area contributed by atoms with Crippen molar-refractivity contribution in [1.29, 1.82) is 0 Å². The highest BCUT2D eigenvalue weighted by Gasteiger charge is 2.10. The average molecular weight is 316 g/mol. The van der Waals surface area contributed by atoms with Crippen LogP contribution in [-0.2, 0) is 9.53 Å². The number of hydrogen-bond donors (Lipinski definition) is 2. The van der Waals surface area contributed by atoms with Gasteiger partial charge in [0.1, 0.15) is 0 Å². The first kappa shape index (κ1) is 17.3. The summed E-state index contributed by atoms with van der Waals surface area (Å²) in [4.78, 5) is 10.9. The molecule has 1 rings (SSSR count). The second-order valence-electron chi connectivity index (χ2n) is 4.48. The molecule has 0 aliphatic heterocycles. The van der Waals surface area contributed by atoms with Gasteiger partial charge in [-0.3, -0.25) is 4.79 Å². The number of thiocarbonyl (C=S) groups is 1. The van der Waals surface area contributed by atoms with Crippen LogP contribution in [0.15, 0.2) is 18.2 Å². The fraction of sp³-hybridized carbons (Fsp3) is 0.429. The molecular weight excluding hydrogens is 298 g/mol. The lowest BCUT2D eigenvalue weighted by Crippen LogP contribution is -2.37. The van der Waals surface area contributed by atoms with Gasteiger partial charge < -0.3 is 15.4 Å². The molecule has 4 nitrogen and oxygen atoms in total. The zero-order valence-electron chi connectivity index (χ0n) is 11.9. The van der Waals surface area contributed by atoms with E-state index in [4.69, 9.17) is 12.2 Å². The van der Waals surface area contributed by atoms with Crippen LogP contribution in [0.3, 0.4) is 0 Å². The molecule has 0 heterocycles. The first-order valence-electron chi connectivity index (χ1n) is 6.50. The van der Waals surface area contributed by atoms with Gasteiger partial charge >= 0.3 is 5.97 Å². The van der Waals surface area contributed by atoms with Gasteiger partial charge in [-0.25, -0.2) is 8.78 Å². The summed E-state index contributed by atoms with van der Waals surface area (Å²) in [5.41, 5.74) is 0.590. The van der Waals surface area contributed by atoms with Crippen molar-refractivity contribution in [3.05, 3.63) is 35.4 Å². The largest absolute Gasteiger partial charge is 0.469 e. The van der Waals surface area contributed by atoms with Gasteiger partial charge in [0.05, 0.1) is 13.2 Å². The normalized spacial score (nSPS) is 11.6. The van der Waals surface area contributed by atoms with Crippen molar-refractivity contribution in [3.63, 3.8) is 0 Å². The van der Waals surface area contributed by atoms with Crippen LogP contribution in [0.5, 0.6) is 0 Å². The number of hydrogen-bond acceptors (Lipinski definition) is 3. The van der Waals surface area contributed by atoms with Gasteiger partial charge in [-0.1, -0.05) is 6.07 Å². The van der Waals surface area contributed by atoms with Gasteiger partial charge in [0.25, 0.3) is 0 Å². The van der Waals surface area contributed by atoms with E-state index in [0.717, 1.165) is 12.1 Å². The van der Waals surface area contributed by atoms with Crippen LogP contribution in [-0.4, -0.2) is 24.7 Å². The number of rotatable bonds is 6. The Bertz CT molecular complexity index is 512.